The number of benzene rings is 1. The van der Waals surface area contributed by atoms with E-state index in [1.54, 1.807) is 19.1 Å². The smallest absolute Gasteiger partial charge is 0.260 e. The van der Waals surface area contributed by atoms with Gasteiger partial charge in [-0.1, -0.05) is 28.6 Å². The summed E-state index contributed by atoms with van der Waals surface area (Å²) in [6, 6.07) is 7.27. The lowest BCUT2D eigenvalue weighted by molar-refractivity contribution is -0.127. The molecule has 0 heterocycles. The first-order valence-electron chi connectivity index (χ1n) is 6.13. The van der Waals surface area contributed by atoms with Crippen LogP contribution in [0.1, 0.15) is 6.92 Å². The van der Waals surface area contributed by atoms with E-state index in [4.69, 9.17) is 4.74 Å². The number of hydrogen-bond donors (Lipinski definition) is 2. The normalized spacial score (nSPS) is 11.3. The molecule has 0 saturated carbocycles. The van der Waals surface area contributed by atoms with Gasteiger partial charge in [0.15, 0.2) is 6.10 Å². The van der Waals surface area contributed by atoms with Crippen LogP contribution >= 0.6 is 15.9 Å². The Morgan fingerprint density at radius 2 is 2.10 bits per heavy atom. The van der Waals surface area contributed by atoms with Gasteiger partial charge in [-0.15, -0.1) is 0 Å². The van der Waals surface area contributed by atoms with Crippen molar-refractivity contribution in [1.82, 2.24) is 10.6 Å². The molecule has 0 aromatic heterocycles. The summed E-state index contributed by atoms with van der Waals surface area (Å²) in [5.74, 6) is 0.109. The molecule has 0 spiro atoms. The van der Waals surface area contributed by atoms with E-state index in [9.17, 15) is 9.59 Å². The van der Waals surface area contributed by atoms with Crippen LogP contribution in [0.25, 0.3) is 0 Å². The summed E-state index contributed by atoms with van der Waals surface area (Å²) in [5, 5.41) is 5.24. The number of halogens is 1. The lowest BCUT2D eigenvalue weighted by Gasteiger charge is -2.15. The van der Waals surface area contributed by atoms with Crippen LogP contribution in [-0.4, -0.2) is 31.0 Å². The first-order chi connectivity index (χ1) is 9.52. The number of amides is 2. The quantitative estimate of drug-likeness (QED) is 0.585. The first-order valence-corrected chi connectivity index (χ1v) is 6.92. The van der Waals surface area contributed by atoms with E-state index in [1.807, 2.05) is 12.1 Å². The first kappa shape index (κ1) is 16.2. The fourth-order valence-electron chi connectivity index (χ4n) is 1.39. The van der Waals surface area contributed by atoms with Gasteiger partial charge in [-0.2, -0.15) is 0 Å². The molecule has 108 valence electrons. The van der Waals surface area contributed by atoms with Crippen molar-refractivity contribution in [3.8, 4) is 5.75 Å². The van der Waals surface area contributed by atoms with Gasteiger partial charge in [-0.05, 0) is 31.2 Å². The Morgan fingerprint density at radius 1 is 1.40 bits per heavy atom. The molecule has 5 nitrogen and oxygen atoms in total. The minimum atomic E-state index is -0.612. The Morgan fingerprint density at radius 3 is 2.75 bits per heavy atom. The monoisotopic (exact) mass is 340 g/mol. The molecule has 0 fully saturated rings. The van der Waals surface area contributed by atoms with Crippen molar-refractivity contribution in [1.29, 1.82) is 0 Å². The lowest BCUT2D eigenvalue weighted by atomic mass is 10.3. The van der Waals surface area contributed by atoms with Crippen molar-refractivity contribution in [2.24, 2.45) is 0 Å². The fraction of sp³-hybridized carbons (Fsp3) is 0.286. The van der Waals surface area contributed by atoms with Crippen molar-refractivity contribution < 1.29 is 14.3 Å². The van der Waals surface area contributed by atoms with Gasteiger partial charge in [0.05, 0.1) is 0 Å². The second-order valence-corrected chi connectivity index (χ2v) is 4.92. The van der Waals surface area contributed by atoms with Crippen molar-refractivity contribution in [3.05, 3.63) is 41.4 Å². The summed E-state index contributed by atoms with van der Waals surface area (Å²) in [6.07, 6.45) is 0.570. The third-order valence-electron chi connectivity index (χ3n) is 2.39. The molecular weight excluding hydrogens is 324 g/mol. The average Bonchev–Trinajstić information content (AvgIpc) is 2.42. The molecule has 1 rings (SSSR count). The number of hydrogen-bond acceptors (Lipinski definition) is 3. The zero-order chi connectivity index (χ0) is 15.0. The molecule has 1 aromatic carbocycles. The van der Waals surface area contributed by atoms with Crippen molar-refractivity contribution in [2.45, 2.75) is 13.0 Å². The van der Waals surface area contributed by atoms with Gasteiger partial charge in [-0.25, -0.2) is 0 Å². The summed E-state index contributed by atoms with van der Waals surface area (Å²) < 4.78 is 6.39. The fourth-order valence-corrected chi connectivity index (χ4v) is 1.76. The highest BCUT2D eigenvalue weighted by Crippen LogP contribution is 2.18. The molecule has 0 radical (unpaired) electrons. The minimum absolute atomic E-state index is 0.238. The molecule has 0 aliphatic rings. The summed E-state index contributed by atoms with van der Waals surface area (Å²) in [5.41, 5.74) is 0. The highest BCUT2D eigenvalue weighted by atomic mass is 79.9. The van der Waals surface area contributed by atoms with Gasteiger partial charge in [0.1, 0.15) is 5.75 Å². The molecule has 0 unspecified atom stereocenters. The number of nitrogens with one attached hydrogen (secondary N) is 2. The molecule has 2 N–H and O–H groups in total. The SMILES string of the molecule is C=CC(=O)NCCNC(=O)[C@@H](C)Oc1cccc(Br)c1. The van der Waals surface area contributed by atoms with Gasteiger partial charge in [0, 0.05) is 17.6 Å². The van der Waals surface area contributed by atoms with Crippen LogP contribution < -0.4 is 15.4 Å². The second kappa shape index (κ2) is 8.37. The summed E-state index contributed by atoms with van der Waals surface area (Å²) in [7, 11) is 0. The molecular formula is C14H17BrN2O3. The Kier molecular flexibility index (Phi) is 6.79. The van der Waals surface area contributed by atoms with Crippen LogP contribution in [0.2, 0.25) is 0 Å². The van der Waals surface area contributed by atoms with E-state index in [1.165, 1.54) is 6.08 Å². The van der Waals surface area contributed by atoms with Gasteiger partial charge < -0.3 is 15.4 Å². The predicted molar refractivity (Wildman–Crippen MR) is 80.4 cm³/mol. The van der Waals surface area contributed by atoms with Gasteiger partial charge in [0.2, 0.25) is 5.91 Å². The van der Waals surface area contributed by atoms with E-state index in [-0.39, 0.29) is 11.8 Å². The van der Waals surface area contributed by atoms with Crippen LogP contribution in [0, 0.1) is 0 Å². The van der Waals surface area contributed by atoms with Crippen molar-refractivity contribution in [2.75, 3.05) is 13.1 Å². The van der Waals surface area contributed by atoms with E-state index < -0.39 is 6.10 Å². The van der Waals surface area contributed by atoms with E-state index >= 15 is 0 Å². The number of carbonyl (C=O) groups excluding carboxylic acids is 2. The summed E-state index contributed by atoms with van der Waals surface area (Å²) in [4.78, 5) is 22.7. The highest BCUT2D eigenvalue weighted by molar-refractivity contribution is 9.10. The number of ether oxygens (including phenoxy) is 1. The molecule has 6 heteroatoms. The van der Waals surface area contributed by atoms with Gasteiger partial charge in [0.25, 0.3) is 5.91 Å². The topological polar surface area (TPSA) is 67.4 Å². The van der Waals surface area contributed by atoms with Crippen LogP contribution in [0.5, 0.6) is 5.75 Å². The molecule has 2 amide bonds. The molecule has 0 saturated heterocycles. The molecule has 1 aromatic rings. The standard InChI is InChI=1S/C14H17BrN2O3/c1-3-13(18)16-7-8-17-14(19)10(2)20-12-6-4-5-11(15)9-12/h3-6,9-10H,1,7-8H2,2H3,(H,16,18)(H,17,19)/t10-/m1/s1. The third kappa shape index (κ3) is 5.88. The van der Waals surface area contributed by atoms with E-state index in [2.05, 4.69) is 33.1 Å². The maximum atomic E-state index is 11.8. The zero-order valence-corrected chi connectivity index (χ0v) is 12.8. The van der Waals surface area contributed by atoms with Crippen LogP contribution in [0.4, 0.5) is 0 Å². The molecule has 0 bridgehead atoms. The predicted octanol–water partition coefficient (Wildman–Crippen LogP) is 1.63. The molecule has 0 aliphatic carbocycles. The maximum absolute atomic E-state index is 11.8. The summed E-state index contributed by atoms with van der Waals surface area (Å²) >= 11 is 3.33. The maximum Gasteiger partial charge on any atom is 0.260 e. The van der Waals surface area contributed by atoms with Crippen molar-refractivity contribution in [3.63, 3.8) is 0 Å². The van der Waals surface area contributed by atoms with E-state index in [0.29, 0.717) is 18.8 Å². The molecule has 1 atom stereocenters. The van der Waals surface area contributed by atoms with Crippen LogP contribution in [-0.2, 0) is 9.59 Å². The van der Waals surface area contributed by atoms with Gasteiger partial charge in [-0.3, -0.25) is 9.59 Å². The minimum Gasteiger partial charge on any atom is -0.481 e. The van der Waals surface area contributed by atoms with Crippen LogP contribution in [0.3, 0.4) is 0 Å². The third-order valence-corrected chi connectivity index (χ3v) is 2.88. The summed E-state index contributed by atoms with van der Waals surface area (Å²) in [6.45, 7) is 5.68. The van der Waals surface area contributed by atoms with E-state index in [0.717, 1.165) is 4.47 Å². The number of rotatable bonds is 7. The molecule has 0 aliphatic heterocycles. The Hall–Kier alpha value is -1.82. The number of carbonyl (C=O) groups is 2. The highest BCUT2D eigenvalue weighted by Gasteiger charge is 2.13. The Bertz CT molecular complexity index is 491. The van der Waals surface area contributed by atoms with Gasteiger partial charge >= 0.3 is 0 Å². The molecule has 20 heavy (non-hydrogen) atoms. The van der Waals surface area contributed by atoms with Crippen molar-refractivity contribution >= 4 is 27.7 Å². The lowest BCUT2D eigenvalue weighted by Crippen LogP contribution is -2.40. The van der Waals surface area contributed by atoms with Crippen LogP contribution in [0.15, 0.2) is 41.4 Å². The Labute approximate surface area is 126 Å². The largest absolute Gasteiger partial charge is 0.481 e. The second-order valence-electron chi connectivity index (χ2n) is 4.00. The zero-order valence-electron chi connectivity index (χ0n) is 11.2. The Balaban J connectivity index is 2.32. The average molecular weight is 341 g/mol.